The quantitative estimate of drug-likeness (QED) is 0.691. The molecule has 3 aromatic rings. The van der Waals surface area contributed by atoms with Crippen LogP contribution in [0, 0.1) is 20.8 Å². The normalized spacial score (nSPS) is 11.1. The van der Waals surface area contributed by atoms with Crippen molar-refractivity contribution in [2.24, 2.45) is 0 Å². The fourth-order valence-electron chi connectivity index (χ4n) is 3.14. The average Bonchev–Trinajstić information content (AvgIpc) is 3.14. The van der Waals surface area contributed by atoms with Crippen LogP contribution in [0.15, 0.2) is 16.7 Å². The Morgan fingerprint density at radius 2 is 2.00 bits per heavy atom. The third-order valence-electron chi connectivity index (χ3n) is 4.27. The summed E-state index contributed by atoms with van der Waals surface area (Å²) in [7, 11) is 0. The standard InChI is InChI=1S/C19H21N3O4S/c1-5-6-22(9-16(23)24)19(25)14-8-15(13-7-10(2)27-12(13)4)20-18-17(14)11(3)21-26-18/h7-8H,5-6,9H2,1-4H3,(H,23,24). The summed E-state index contributed by atoms with van der Waals surface area (Å²) in [6.07, 6.45) is 0.658. The molecule has 1 N–H and O–H groups in total. The molecular weight excluding hydrogens is 366 g/mol. The number of fused-ring (bicyclic) bond motifs is 1. The first-order valence-corrected chi connectivity index (χ1v) is 9.49. The molecule has 27 heavy (non-hydrogen) atoms. The number of aliphatic carboxylic acids is 1. The molecule has 0 aliphatic carbocycles. The molecule has 0 saturated carbocycles. The summed E-state index contributed by atoms with van der Waals surface area (Å²) in [5.41, 5.74) is 2.76. The highest BCUT2D eigenvalue weighted by atomic mass is 32.1. The first-order valence-electron chi connectivity index (χ1n) is 8.67. The van der Waals surface area contributed by atoms with Crippen molar-refractivity contribution < 1.29 is 19.2 Å². The van der Waals surface area contributed by atoms with E-state index in [9.17, 15) is 14.7 Å². The number of aryl methyl sites for hydroxylation is 3. The number of amides is 1. The van der Waals surface area contributed by atoms with Crippen LogP contribution in [0.5, 0.6) is 0 Å². The lowest BCUT2D eigenvalue weighted by atomic mass is 10.0. The second kappa shape index (κ2) is 7.48. The molecule has 0 aromatic carbocycles. The monoisotopic (exact) mass is 387 g/mol. The Labute approximate surface area is 160 Å². The summed E-state index contributed by atoms with van der Waals surface area (Å²) < 4.78 is 5.32. The molecule has 142 valence electrons. The predicted molar refractivity (Wildman–Crippen MR) is 103 cm³/mol. The van der Waals surface area contributed by atoms with Gasteiger partial charge in [0.25, 0.3) is 11.6 Å². The topological polar surface area (TPSA) is 96.5 Å². The summed E-state index contributed by atoms with van der Waals surface area (Å²) in [6, 6.07) is 3.74. The minimum atomic E-state index is -1.05. The van der Waals surface area contributed by atoms with E-state index in [4.69, 9.17) is 4.52 Å². The number of hydrogen-bond acceptors (Lipinski definition) is 6. The van der Waals surface area contributed by atoms with Gasteiger partial charge in [0, 0.05) is 21.9 Å². The fourth-order valence-corrected chi connectivity index (χ4v) is 4.08. The molecule has 0 unspecified atom stereocenters. The second-order valence-electron chi connectivity index (χ2n) is 6.45. The van der Waals surface area contributed by atoms with Gasteiger partial charge in [0.2, 0.25) is 0 Å². The van der Waals surface area contributed by atoms with E-state index in [1.54, 1.807) is 24.3 Å². The minimum absolute atomic E-state index is 0.281. The SMILES string of the molecule is CCCN(CC(=O)O)C(=O)c1cc(-c2cc(C)sc2C)nc2onc(C)c12. The predicted octanol–water partition coefficient (Wildman–Crippen LogP) is 3.81. The Morgan fingerprint density at radius 1 is 1.26 bits per heavy atom. The summed E-state index contributed by atoms with van der Waals surface area (Å²) in [5.74, 6) is -1.41. The van der Waals surface area contributed by atoms with Gasteiger partial charge >= 0.3 is 5.97 Å². The van der Waals surface area contributed by atoms with Gasteiger partial charge in [0.1, 0.15) is 6.54 Å². The summed E-state index contributed by atoms with van der Waals surface area (Å²) in [4.78, 5) is 32.5. The molecule has 0 radical (unpaired) electrons. The molecule has 0 fully saturated rings. The molecule has 0 atom stereocenters. The summed E-state index contributed by atoms with van der Waals surface area (Å²) >= 11 is 1.65. The molecule has 0 aliphatic rings. The van der Waals surface area contributed by atoms with E-state index in [-0.39, 0.29) is 18.2 Å². The number of pyridine rings is 1. The maximum absolute atomic E-state index is 13.2. The van der Waals surface area contributed by atoms with Crippen molar-refractivity contribution in [1.29, 1.82) is 0 Å². The molecule has 7 nitrogen and oxygen atoms in total. The van der Waals surface area contributed by atoms with Gasteiger partial charge in [0.15, 0.2) is 0 Å². The molecule has 3 aromatic heterocycles. The van der Waals surface area contributed by atoms with Crippen molar-refractivity contribution in [3.63, 3.8) is 0 Å². The number of carboxylic acids is 1. The lowest BCUT2D eigenvalue weighted by Gasteiger charge is -2.20. The summed E-state index contributed by atoms with van der Waals surface area (Å²) in [6.45, 7) is 7.65. The fraction of sp³-hybridized carbons (Fsp3) is 0.368. The molecule has 0 spiro atoms. The van der Waals surface area contributed by atoms with Crippen molar-refractivity contribution in [3.8, 4) is 11.3 Å². The van der Waals surface area contributed by atoms with E-state index in [1.165, 1.54) is 4.90 Å². The van der Waals surface area contributed by atoms with Gasteiger partial charge in [-0.3, -0.25) is 9.59 Å². The molecule has 0 saturated heterocycles. The highest BCUT2D eigenvalue weighted by Gasteiger charge is 2.25. The Morgan fingerprint density at radius 3 is 2.59 bits per heavy atom. The lowest BCUT2D eigenvalue weighted by molar-refractivity contribution is -0.137. The number of carbonyl (C=O) groups is 2. The third-order valence-corrected chi connectivity index (χ3v) is 5.24. The van der Waals surface area contributed by atoms with E-state index in [2.05, 4.69) is 10.1 Å². The van der Waals surface area contributed by atoms with Crippen LogP contribution in [-0.2, 0) is 4.79 Å². The van der Waals surface area contributed by atoms with Crippen LogP contribution in [0.4, 0.5) is 0 Å². The molecule has 3 rings (SSSR count). The summed E-state index contributed by atoms with van der Waals surface area (Å²) in [5, 5.41) is 13.6. The highest BCUT2D eigenvalue weighted by molar-refractivity contribution is 7.12. The van der Waals surface area contributed by atoms with Crippen LogP contribution in [-0.4, -0.2) is 45.1 Å². The van der Waals surface area contributed by atoms with Gasteiger partial charge in [-0.05, 0) is 39.3 Å². The van der Waals surface area contributed by atoms with Crippen molar-refractivity contribution in [2.75, 3.05) is 13.1 Å². The average molecular weight is 387 g/mol. The number of nitrogens with zero attached hydrogens (tertiary/aromatic N) is 3. The van der Waals surface area contributed by atoms with Crippen LogP contribution < -0.4 is 0 Å². The molecule has 0 aliphatic heterocycles. The Balaban J connectivity index is 2.18. The van der Waals surface area contributed by atoms with Gasteiger partial charge in [-0.1, -0.05) is 12.1 Å². The smallest absolute Gasteiger partial charge is 0.323 e. The highest BCUT2D eigenvalue weighted by Crippen LogP contribution is 2.33. The largest absolute Gasteiger partial charge is 0.480 e. The van der Waals surface area contributed by atoms with Gasteiger partial charge in [-0.2, -0.15) is 0 Å². The Bertz CT molecular complexity index is 1020. The number of aromatic nitrogens is 2. The van der Waals surface area contributed by atoms with Crippen LogP contribution >= 0.6 is 11.3 Å². The van der Waals surface area contributed by atoms with Crippen molar-refractivity contribution >= 4 is 34.3 Å². The molecular formula is C19H21N3O4S. The van der Waals surface area contributed by atoms with Crippen molar-refractivity contribution in [2.45, 2.75) is 34.1 Å². The third kappa shape index (κ3) is 3.71. The van der Waals surface area contributed by atoms with Crippen LogP contribution in [0.2, 0.25) is 0 Å². The number of carbonyl (C=O) groups excluding carboxylic acids is 1. The number of carboxylic acid groups (broad SMARTS) is 1. The van der Waals surface area contributed by atoms with E-state index in [0.717, 1.165) is 15.3 Å². The first kappa shape index (κ1) is 19.0. The number of rotatable bonds is 6. The number of thiophene rings is 1. The molecule has 8 heteroatoms. The van der Waals surface area contributed by atoms with Crippen LogP contribution in [0.25, 0.3) is 22.4 Å². The molecule has 0 bridgehead atoms. The lowest BCUT2D eigenvalue weighted by Crippen LogP contribution is -2.36. The molecule has 3 heterocycles. The second-order valence-corrected chi connectivity index (χ2v) is 7.91. The zero-order valence-corrected chi connectivity index (χ0v) is 16.5. The van der Waals surface area contributed by atoms with Crippen molar-refractivity contribution in [1.82, 2.24) is 15.0 Å². The zero-order valence-electron chi connectivity index (χ0n) is 15.7. The molecule has 1 amide bonds. The maximum atomic E-state index is 13.2. The Hall–Kier alpha value is -2.74. The van der Waals surface area contributed by atoms with Gasteiger partial charge in [-0.15, -0.1) is 11.3 Å². The van der Waals surface area contributed by atoms with Gasteiger partial charge in [0.05, 0.1) is 22.3 Å². The van der Waals surface area contributed by atoms with E-state index < -0.39 is 5.97 Å². The zero-order chi connectivity index (χ0) is 19.7. The van der Waals surface area contributed by atoms with E-state index in [0.29, 0.717) is 35.3 Å². The van der Waals surface area contributed by atoms with E-state index >= 15 is 0 Å². The Kier molecular flexibility index (Phi) is 5.27. The number of hydrogen-bond donors (Lipinski definition) is 1. The van der Waals surface area contributed by atoms with Gasteiger partial charge < -0.3 is 14.5 Å². The minimum Gasteiger partial charge on any atom is -0.480 e. The van der Waals surface area contributed by atoms with Crippen LogP contribution in [0.3, 0.4) is 0 Å². The van der Waals surface area contributed by atoms with Gasteiger partial charge in [-0.25, -0.2) is 4.98 Å². The van der Waals surface area contributed by atoms with Crippen LogP contribution in [0.1, 0.15) is 39.2 Å². The van der Waals surface area contributed by atoms with Crippen molar-refractivity contribution in [3.05, 3.63) is 33.1 Å². The maximum Gasteiger partial charge on any atom is 0.323 e. The van der Waals surface area contributed by atoms with E-state index in [1.807, 2.05) is 26.8 Å². The first-order chi connectivity index (χ1) is 12.8.